The SMILES string of the molecule is CCCNC(Cc1cnn(C)c1)C(CC)(CC)OC. The summed E-state index contributed by atoms with van der Waals surface area (Å²) in [5.41, 5.74) is 1.17. The first-order chi connectivity index (χ1) is 9.11. The van der Waals surface area contributed by atoms with Crippen LogP contribution in [0, 0.1) is 0 Å². The molecule has 4 heteroatoms. The molecule has 19 heavy (non-hydrogen) atoms. The molecule has 0 aliphatic heterocycles. The Morgan fingerprint density at radius 3 is 2.47 bits per heavy atom. The summed E-state index contributed by atoms with van der Waals surface area (Å²) in [6, 6.07) is 0.330. The highest BCUT2D eigenvalue weighted by molar-refractivity contribution is 5.09. The third kappa shape index (κ3) is 4.05. The van der Waals surface area contributed by atoms with Gasteiger partial charge in [0.25, 0.3) is 0 Å². The van der Waals surface area contributed by atoms with Gasteiger partial charge in [0.15, 0.2) is 0 Å². The first kappa shape index (κ1) is 16.2. The first-order valence-corrected chi connectivity index (χ1v) is 7.37. The van der Waals surface area contributed by atoms with Crippen molar-refractivity contribution in [2.75, 3.05) is 13.7 Å². The van der Waals surface area contributed by atoms with E-state index in [0.29, 0.717) is 6.04 Å². The maximum atomic E-state index is 5.88. The van der Waals surface area contributed by atoms with Crippen LogP contribution in [-0.4, -0.2) is 35.1 Å². The van der Waals surface area contributed by atoms with Gasteiger partial charge in [-0.1, -0.05) is 20.8 Å². The van der Waals surface area contributed by atoms with E-state index in [1.54, 1.807) is 0 Å². The molecule has 1 unspecified atom stereocenters. The maximum absolute atomic E-state index is 5.88. The minimum Gasteiger partial charge on any atom is -0.377 e. The molecular formula is C15H29N3O. The molecule has 1 N–H and O–H groups in total. The fraction of sp³-hybridized carbons (Fsp3) is 0.800. The molecule has 1 atom stereocenters. The Morgan fingerprint density at radius 2 is 2.05 bits per heavy atom. The number of rotatable bonds is 9. The van der Waals surface area contributed by atoms with Crippen LogP contribution < -0.4 is 5.32 Å². The molecule has 110 valence electrons. The highest BCUT2D eigenvalue weighted by Crippen LogP contribution is 2.26. The minimum absolute atomic E-state index is 0.0923. The van der Waals surface area contributed by atoms with Crippen LogP contribution in [0.5, 0.6) is 0 Å². The van der Waals surface area contributed by atoms with Crippen molar-refractivity contribution in [1.82, 2.24) is 15.1 Å². The van der Waals surface area contributed by atoms with Crippen LogP contribution in [-0.2, 0) is 18.2 Å². The van der Waals surface area contributed by atoms with Crippen molar-refractivity contribution < 1.29 is 4.74 Å². The zero-order valence-corrected chi connectivity index (χ0v) is 13.1. The zero-order valence-electron chi connectivity index (χ0n) is 13.1. The van der Waals surface area contributed by atoms with Crippen molar-refractivity contribution in [3.05, 3.63) is 18.0 Å². The van der Waals surface area contributed by atoms with Crippen molar-refractivity contribution in [3.63, 3.8) is 0 Å². The van der Waals surface area contributed by atoms with Crippen LogP contribution >= 0.6 is 0 Å². The molecule has 4 nitrogen and oxygen atoms in total. The van der Waals surface area contributed by atoms with Crippen molar-refractivity contribution in [2.24, 2.45) is 7.05 Å². The molecule has 0 aliphatic rings. The van der Waals surface area contributed by atoms with Gasteiger partial charge >= 0.3 is 0 Å². The number of hydrogen-bond acceptors (Lipinski definition) is 3. The summed E-state index contributed by atoms with van der Waals surface area (Å²) in [6.07, 6.45) is 8.17. The lowest BCUT2D eigenvalue weighted by Crippen LogP contribution is -2.53. The lowest BCUT2D eigenvalue weighted by molar-refractivity contribution is -0.0471. The molecule has 0 bridgehead atoms. The van der Waals surface area contributed by atoms with E-state index in [9.17, 15) is 0 Å². The van der Waals surface area contributed by atoms with Crippen LogP contribution in [0.4, 0.5) is 0 Å². The van der Waals surface area contributed by atoms with Gasteiger partial charge in [-0.15, -0.1) is 0 Å². The second-order valence-corrected chi connectivity index (χ2v) is 5.21. The second kappa shape index (κ2) is 7.65. The number of aryl methyl sites for hydroxylation is 1. The molecule has 1 heterocycles. The summed E-state index contributed by atoms with van der Waals surface area (Å²) in [4.78, 5) is 0. The maximum Gasteiger partial charge on any atom is 0.0829 e. The normalized spacial score (nSPS) is 13.7. The quantitative estimate of drug-likeness (QED) is 0.747. The third-order valence-electron chi connectivity index (χ3n) is 4.08. The standard InChI is InChI=1S/C15H29N3O/c1-6-9-16-14(15(7-2,8-3)19-5)10-13-11-17-18(4)12-13/h11-12,14,16H,6-10H2,1-5H3. The van der Waals surface area contributed by atoms with E-state index in [1.807, 2.05) is 25.0 Å². The zero-order chi connectivity index (χ0) is 14.3. The van der Waals surface area contributed by atoms with E-state index in [4.69, 9.17) is 4.74 Å². The Hall–Kier alpha value is -0.870. The minimum atomic E-state index is -0.0923. The predicted molar refractivity (Wildman–Crippen MR) is 79.3 cm³/mol. The highest BCUT2D eigenvalue weighted by atomic mass is 16.5. The number of nitrogens with one attached hydrogen (secondary N) is 1. The lowest BCUT2D eigenvalue weighted by Gasteiger charge is -2.39. The van der Waals surface area contributed by atoms with Crippen molar-refractivity contribution in [3.8, 4) is 0 Å². The van der Waals surface area contributed by atoms with Gasteiger partial charge in [0.05, 0.1) is 11.8 Å². The fourth-order valence-corrected chi connectivity index (χ4v) is 2.75. The Morgan fingerprint density at radius 1 is 1.37 bits per heavy atom. The number of methoxy groups -OCH3 is 1. The number of nitrogens with zero attached hydrogens (tertiary/aromatic N) is 2. The van der Waals surface area contributed by atoms with Crippen LogP contribution in [0.15, 0.2) is 12.4 Å². The van der Waals surface area contributed by atoms with Crippen LogP contribution in [0.1, 0.15) is 45.6 Å². The molecule has 0 aromatic carbocycles. The van der Waals surface area contributed by atoms with Gasteiger partial charge in [-0.25, -0.2) is 0 Å². The predicted octanol–water partition coefficient (Wildman–Crippen LogP) is 2.54. The van der Waals surface area contributed by atoms with Gasteiger partial charge < -0.3 is 10.1 Å². The molecule has 0 fully saturated rings. The molecule has 1 rings (SSSR count). The van der Waals surface area contributed by atoms with Gasteiger partial charge in [-0.05, 0) is 37.8 Å². The van der Waals surface area contributed by atoms with Gasteiger partial charge in [0.2, 0.25) is 0 Å². The number of hydrogen-bond donors (Lipinski definition) is 1. The lowest BCUT2D eigenvalue weighted by atomic mass is 9.84. The number of ether oxygens (including phenoxy) is 1. The summed E-state index contributed by atoms with van der Waals surface area (Å²) in [5.74, 6) is 0. The molecule has 0 saturated carbocycles. The van der Waals surface area contributed by atoms with E-state index in [1.165, 1.54) is 5.56 Å². The molecule has 1 aromatic rings. The van der Waals surface area contributed by atoms with Crippen LogP contribution in [0.3, 0.4) is 0 Å². The Balaban J connectivity index is 2.86. The van der Waals surface area contributed by atoms with E-state index in [0.717, 1.165) is 32.2 Å². The van der Waals surface area contributed by atoms with Crippen LogP contribution in [0.2, 0.25) is 0 Å². The molecule has 0 radical (unpaired) electrons. The van der Waals surface area contributed by atoms with Crippen molar-refractivity contribution in [2.45, 2.75) is 58.1 Å². The first-order valence-electron chi connectivity index (χ1n) is 7.37. The van der Waals surface area contributed by atoms with E-state index < -0.39 is 0 Å². The topological polar surface area (TPSA) is 39.1 Å². The average Bonchev–Trinajstić information content (AvgIpc) is 2.83. The second-order valence-electron chi connectivity index (χ2n) is 5.21. The molecule has 1 aromatic heterocycles. The van der Waals surface area contributed by atoms with E-state index >= 15 is 0 Å². The van der Waals surface area contributed by atoms with Crippen molar-refractivity contribution in [1.29, 1.82) is 0 Å². The summed E-state index contributed by atoms with van der Waals surface area (Å²) in [7, 11) is 3.79. The van der Waals surface area contributed by atoms with Gasteiger partial charge in [-0.3, -0.25) is 4.68 Å². The number of aromatic nitrogens is 2. The monoisotopic (exact) mass is 267 g/mol. The highest BCUT2D eigenvalue weighted by Gasteiger charge is 2.35. The van der Waals surface area contributed by atoms with Crippen LogP contribution in [0.25, 0.3) is 0 Å². The summed E-state index contributed by atoms with van der Waals surface area (Å²) >= 11 is 0. The third-order valence-corrected chi connectivity index (χ3v) is 4.08. The van der Waals surface area contributed by atoms with E-state index in [-0.39, 0.29) is 5.60 Å². The molecule has 0 saturated heterocycles. The van der Waals surface area contributed by atoms with E-state index in [2.05, 4.69) is 37.4 Å². The Kier molecular flexibility index (Phi) is 6.52. The molecule has 0 aliphatic carbocycles. The Labute approximate surface area is 117 Å². The largest absolute Gasteiger partial charge is 0.377 e. The van der Waals surface area contributed by atoms with Gasteiger partial charge in [0, 0.05) is 26.4 Å². The summed E-state index contributed by atoms with van der Waals surface area (Å²) in [6.45, 7) is 7.63. The average molecular weight is 267 g/mol. The molecule has 0 amide bonds. The Bertz CT molecular complexity index is 350. The smallest absolute Gasteiger partial charge is 0.0829 e. The molecule has 0 spiro atoms. The van der Waals surface area contributed by atoms with Gasteiger partial charge in [-0.2, -0.15) is 5.10 Å². The molecular weight excluding hydrogens is 238 g/mol. The van der Waals surface area contributed by atoms with Crippen molar-refractivity contribution >= 4 is 0 Å². The summed E-state index contributed by atoms with van der Waals surface area (Å²) < 4.78 is 7.74. The summed E-state index contributed by atoms with van der Waals surface area (Å²) in [5, 5.41) is 7.92. The fourth-order valence-electron chi connectivity index (χ4n) is 2.75. The van der Waals surface area contributed by atoms with Gasteiger partial charge in [0.1, 0.15) is 0 Å².